The maximum atomic E-state index is 12.2. The van der Waals surface area contributed by atoms with Gasteiger partial charge in [0.25, 0.3) is 0 Å². The van der Waals surface area contributed by atoms with Gasteiger partial charge in [0, 0.05) is 0 Å². The van der Waals surface area contributed by atoms with E-state index in [0.717, 1.165) is 0 Å². The second-order valence-corrected chi connectivity index (χ2v) is 5.96. The predicted octanol–water partition coefficient (Wildman–Crippen LogP) is 2.17. The maximum Gasteiger partial charge on any atom is 0.344 e. The summed E-state index contributed by atoms with van der Waals surface area (Å²) in [4.78, 5) is 35.9. The summed E-state index contributed by atoms with van der Waals surface area (Å²) in [6.45, 7) is 3.03. The number of esters is 2. The van der Waals surface area contributed by atoms with E-state index in [9.17, 15) is 14.4 Å². The van der Waals surface area contributed by atoms with Gasteiger partial charge in [0.05, 0.1) is 28.9 Å². The lowest BCUT2D eigenvalue weighted by molar-refractivity contribution is -0.145. The van der Waals surface area contributed by atoms with E-state index in [4.69, 9.17) is 25.8 Å². The topological polar surface area (TPSA) is 103 Å². The molecule has 0 unspecified atom stereocenters. The minimum Gasteiger partial charge on any atom is -0.480 e. The van der Waals surface area contributed by atoms with Crippen LogP contribution in [0.3, 0.4) is 0 Å². The molecule has 0 aromatic heterocycles. The molecule has 2 rings (SSSR count). The number of halogens is 1. The Morgan fingerprint density at radius 3 is 2.59 bits per heavy atom. The quantitative estimate of drug-likeness (QED) is 0.653. The molecule has 1 heterocycles. The molecular weight excluding hydrogens is 376 g/mol. The third-order valence-corrected chi connectivity index (χ3v) is 4.02. The third-order valence-electron chi connectivity index (χ3n) is 3.71. The molecule has 0 radical (unpaired) electrons. The van der Waals surface area contributed by atoms with Crippen molar-refractivity contribution in [3.05, 3.63) is 40.6 Å². The van der Waals surface area contributed by atoms with Gasteiger partial charge in [-0.25, -0.2) is 14.4 Å². The highest BCUT2D eigenvalue weighted by Gasteiger charge is 2.32. The number of nitrogens with one attached hydrogen (secondary N) is 2. The minimum atomic E-state index is -0.675. The van der Waals surface area contributed by atoms with Crippen molar-refractivity contribution in [3.8, 4) is 5.75 Å². The zero-order valence-corrected chi connectivity index (χ0v) is 15.8. The van der Waals surface area contributed by atoms with Gasteiger partial charge in [0.1, 0.15) is 12.4 Å². The molecule has 0 fully saturated rings. The first-order chi connectivity index (χ1) is 13.0. The SMILES string of the molecule is CCOC(=O)C1=C(COC(=O)COc2ccccc2Cl)NC(=O)N[C@H]1CC. The monoisotopic (exact) mass is 396 g/mol. The number of carbonyl (C=O) groups is 3. The Kier molecular flexibility index (Phi) is 7.48. The lowest BCUT2D eigenvalue weighted by Gasteiger charge is -2.28. The van der Waals surface area contributed by atoms with Gasteiger partial charge in [-0.15, -0.1) is 0 Å². The lowest BCUT2D eigenvalue weighted by atomic mass is 10.0. The number of urea groups is 1. The van der Waals surface area contributed by atoms with Gasteiger partial charge in [-0.2, -0.15) is 0 Å². The molecule has 27 heavy (non-hydrogen) atoms. The Bertz CT molecular complexity index is 749. The molecule has 0 spiro atoms. The molecule has 1 atom stereocenters. The molecule has 2 amide bonds. The fourth-order valence-corrected chi connectivity index (χ4v) is 2.66. The molecule has 8 nitrogen and oxygen atoms in total. The minimum absolute atomic E-state index is 0.186. The van der Waals surface area contributed by atoms with Crippen molar-refractivity contribution in [2.24, 2.45) is 0 Å². The fraction of sp³-hybridized carbons (Fsp3) is 0.389. The molecule has 146 valence electrons. The number of benzene rings is 1. The summed E-state index contributed by atoms with van der Waals surface area (Å²) in [5, 5.41) is 5.50. The summed E-state index contributed by atoms with van der Waals surface area (Å²) in [6, 6.07) is 5.71. The fourth-order valence-electron chi connectivity index (χ4n) is 2.47. The van der Waals surface area contributed by atoms with Crippen LogP contribution in [-0.2, 0) is 19.1 Å². The van der Waals surface area contributed by atoms with Gasteiger partial charge in [0.15, 0.2) is 6.61 Å². The van der Waals surface area contributed by atoms with Gasteiger partial charge < -0.3 is 24.8 Å². The van der Waals surface area contributed by atoms with Crippen molar-refractivity contribution in [2.45, 2.75) is 26.3 Å². The van der Waals surface area contributed by atoms with Gasteiger partial charge >= 0.3 is 18.0 Å². The van der Waals surface area contributed by atoms with E-state index in [2.05, 4.69) is 10.6 Å². The highest BCUT2D eigenvalue weighted by Crippen LogP contribution is 2.23. The van der Waals surface area contributed by atoms with Crippen LogP contribution in [0.4, 0.5) is 4.79 Å². The zero-order valence-electron chi connectivity index (χ0n) is 15.0. The van der Waals surface area contributed by atoms with Crippen LogP contribution in [0.1, 0.15) is 20.3 Å². The second-order valence-electron chi connectivity index (χ2n) is 5.55. The molecule has 2 N–H and O–H groups in total. The van der Waals surface area contributed by atoms with Crippen LogP contribution in [0, 0.1) is 0 Å². The summed E-state index contributed by atoms with van der Waals surface area (Å²) in [5.74, 6) is -0.898. The van der Waals surface area contributed by atoms with E-state index in [1.54, 1.807) is 31.2 Å². The molecule has 1 aromatic rings. The molecule has 9 heteroatoms. The number of hydrogen-bond acceptors (Lipinski definition) is 6. The molecule has 1 aliphatic rings. The maximum absolute atomic E-state index is 12.2. The average molecular weight is 397 g/mol. The van der Waals surface area contributed by atoms with E-state index in [-0.39, 0.29) is 31.1 Å². The van der Waals surface area contributed by atoms with Crippen molar-refractivity contribution in [3.63, 3.8) is 0 Å². The van der Waals surface area contributed by atoms with E-state index < -0.39 is 24.0 Å². The third kappa shape index (κ3) is 5.62. The standard InChI is InChI=1S/C18H21ClN2O6/c1-3-12-16(17(23)25-4-2)13(21-18(24)20-12)9-27-15(22)10-26-14-8-6-5-7-11(14)19/h5-8,12H,3-4,9-10H2,1-2H3,(H2,20,21,24)/t12-/m0/s1. The highest BCUT2D eigenvalue weighted by molar-refractivity contribution is 6.32. The van der Waals surface area contributed by atoms with Crippen molar-refractivity contribution < 1.29 is 28.6 Å². The van der Waals surface area contributed by atoms with Crippen LogP contribution in [0.2, 0.25) is 5.02 Å². The van der Waals surface area contributed by atoms with Gasteiger partial charge in [-0.1, -0.05) is 30.7 Å². The van der Waals surface area contributed by atoms with Crippen LogP contribution in [0.25, 0.3) is 0 Å². The van der Waals surface area contributed by atoms with Crippen molar-refractivity contribution in [2.75, 3.05) is 19.8 Å². The summed E-state index contributed by atoms with van der Waals surface area (Å²) in [5.41, 5.74) is 0.425. The highest BCUT2D eigenvalue weighted by atomic mass is 35.5. The molecule has 1 aliphatic heterocycles. The van der Waals surface area contributed by atoms with Crippen LogP contribution in [-0.4, -0.2) is 43.8 Å². The predicted molar refractivity (Wildman–Crippen MR) is 97.3 cm³/mol. The first kappa shape index (κ1) is 20.6. The van der Waals surface area contributed by atoms with E-state index >= 15 is 0 Å². The first-order valence-corrected chi connectivity index (χ1v) is 8.84. The molecule has 0 aliphatic carbocycles. The molecule has 0 saturated carbocycles. The van der Waals surface area contributed by atoms with Crippen LogP contribution < -0.4 is 15.4 Å². The lowest BCUT2D eigenvalue weighted by Crippen LogP contribution is -2.51. The van der Waals surface area contributed by atoms with Crippen LogP contribution in [0.15, 0.2) is 35.5 Å². The van der Waals surface area contributed by atoms with Gasteiger partial charge in [0.2, 0.25) is 0 Å². The smallest absolute Gasteiger partial charge is 0.344 e. The van der Waals surface area contributed by atoms with E-state index in [0.29, 0.717) is 17.2 Å². The number of para-hydroxylation sites is 1. The molecule has 1 aromatic carbocycles. The van der Waals surface area contributed by atoms with Crippen molar-refractivity contribution in [1.29, 1.82) is 0 Å². The Morgan fingerprint density at radius 2 is 1.93 bits per heavy atom. The van der Waals surface area contributed by atoms with Gasteiger partial charge in [-0.3, -0.25) is 0 Å². The number of carbonyl (C=O) groups excluding carboxylic acids is 3. The largest absolute Gasteiger partial charge is 0.480 e. The van der Waals surface area contributed by atoms with E-state index in [1.165, 1.54) is 0 Å². The molecule has 0 saturated heterocycles. The summed E-state index contributed by atoms with van der Waals surface area (Å²) in [7, 11) is 0. The van der Waals surface area contributed by atoms with Crippen molar-refractivity contribution in [1.82, 2.24) is 10.6 Å². The number of ether oxygens (including phenoxy) is 3. The normalized spacial score (nSPS) is 16.3. The Balaban J connectivity index is 2.03. The molecule has 0 bridgehead atoms. The molecular formula is C18H21ClN2O6. The van der Waals surface area contributed by atoms with Crippen molar-refractivity contribution >= 4 is 29.6 Å². The summed E-state index contributed by atoms with van der Waals surface area (Å²) >= 11 is 5.95. The van der Waals surface area contributed by atoms with Gasteiger partial charge in [-0.05, 0) is 25.5 Å². The summed E-state index contributed by atoms with van der Waals surface area (Å²) < 4.78 is 15.5. The summed E-state index contributed by atoms with van der Waals surface area (Å²) in [6.07, 6.45) is 0.481. The van der Waals surface area contributed by atoms with E-state index in [1.807, 2.05) is 6.92 Å². The number of rotatable bonds is 8. The first-order valence-electron chi connectivity index (χ1n) is 8.46. The Morgan fingerprint density at radius 1 is 1.19 bits per heavy atom. The number of amides is 2. The number of hydrogen-bond donors (Lipinski definition) is 2. The second kappa shape index (κ2) is 9.82. The van der Waals surface area contributed by atoms with Crippen LogP contribution >= 0.6 is 11.6 Å². The Hall–Kier alpha value is -2.74. The zero-order chi connectivity index (χ0) is 19.8. The average Bonchev–Trinajstić information content (AvgIpc) is 2.65. The Labute approximate surface area is 161 Å². The van der Waals surface area contributed by atoms with Crippen LogP contribution in [0.5, 0.6) is 5.75 Å².